The second-order valence-electron chi connectivity index (χ2n) is 5.94. The maximum atomic E-state index is 12.5. The molecule has 0 unspecified atom stereocenters. The van der Waals surface area contributed by atoms with Crippen molar-refractivity contribution in [3.63, 3.8) is 0 Å². The molecule has 1 fully saturated rings. The van der Waals surface area contributed by atoms with Crippen LogP contribution in [-0.2, 0) is 11.8 Å². The Hall–Kier alpha value is -2.72. The summed E-state index contributed by atoms with van der Waals surface area (Å²) in [5.41, 5.74) is 1.52. The van der Waals surface area contributed by atoms with Gasteiger partial charge in [0.25, 0.3) is 5.91 Å². The molecule has 0 saturated carbocycles. The Morgan fingerprint density at radius 2 is 2.12 bits per heavy atom. The number of nitrogens with zero attached hydrogens (tertiary/aromatic N) is 3. The molecule has 25 heavy (non-hydrogen) atoms. The Labute approximate surface area is 150 Å². The van der Waals surface area contributed by atoms with E-state index >= 15 is 0 Å². The second kappa shape index (κ2) is 7.03. The lowest BCUT2D eigenvalue weighted by Crippen LogP contribution is -2.23. The average molecular weight is 354 g/mol. The first-order valence-electron chi connectivity index (χ1n) is 7.88. The molecule has 1 saturated heterocycles. The van der Waals surface area contributed by atoms with Gasteiger partial charge in [0.15, 0.2) is 0 Å². The zero-order valence-electron chi connectivity index (χ0n) is 14.0. The van der Waals surface area contributed by atoms with E-state index in [9.17, 15) is 9.59 Å². The molecule has 0 bridgehead atoms. The number of likely N-dealkylation sites (tertiary alicyclic amines) is 1. The van der Waals surface area contributed by atoms with Gasteiger partial charge in [0.1, 0.15) is 11.8 Å². The highest BCUT2D eigenvalue weighted by atomic mass is 32.2. The van der Waals surface area contributed by atoms with E-state index < -0.39 is 0 Å². The molecule has 2 aromatic rings. The average Bonchev–Trinajstić information content (AvgIpc) is 3.13. The number of thioether (sulfide) groups is 1. The minimum Gasteiger partial charge on any atom is -0.345 e. The Balaban J connectivity index is 1.79. The molecule has 0 radical (unpaired) electrons. The van der Waals surface area contributed by atoms with Crippen molar-refractivity contribution in [3.8, 4) is 6.07 Å². The molecule has 1 aromatic carbocycles. The Kier molecular flexibility index (Phi) is 4.81. The first-order chi connectivity index (χ1) is 12.0. The van der Waals surface area contributed by atoms with Crippen LogP contribution >= 0.6 is 11.8 Å². The molecule has 0 aliphatic carbocycles. The Bertz CT molecular complexity index is 868. The maximum absolute atomic E-state index is 12.5. The zero-order chi connectivity index (χ0) is 18.0. The molecule has 0 spiro atoms. The monoisotopic (exact) mass is 354 g/mol. The van der Waals surface area contributed by atoms with Gasteiger partial charge >= 0.3 is 0 Å². The number of aryl methyl sites for hydroxylation is 1. The number of nitrogens with one attached hydrogen (secondary N) is 1. The van der Waals surface area contributed by atoms with Crippen LogP contribution in [0.5, 0.6) is 0 Å². The minimum atomic E-state index is -0.285. The molecule has 6 nitrogen and oxygen atoms in total. The molecule has 2 amide bonds. The van der Waals surface area contributed by atoms with Gasteiger partial charge in [-0.15, -0.1) is 11.8 Å². The summed E-state index contributed by atoms with van der Waals surface area (Å²) in [4.78, 5) is 27.3. The number of anilines is 1. The number of benzene rings is 1. The Morgan fingerprint density at radius 3 is 2.76 bits per heavy atom. The van der Waals surface area contributed by atoms with Gasteiger partial charge in [-0.1, -0.05) is 12.1 Å². The van der Waals surface area contributed by atoms with Crippen molar-refractivity contribution in [3.05, 3.63) is 47.8 Å². The van der Waals surface area contributed by atoms with Crippen LogP contribution in [0.1, 0.15) is 22.5 Å². The molecule has 7 heteroatoms. The molecule has 1 aliphatic heterocycles. The van der Waals surface area contributed by atoms with Gasteiger partial charge in [-0.3, -0.25) is 9.59 Å². The quantitative estimate of drug-likeness (QED) is 0.915. The fraction of sp³-hybridized carbons (Fsp3) is 0.278. The predicted octanol–water partition coefficient (Wildman–Crippen LogP) is 2.47. The highest BCUT2D eigenvalue weighted by Crippen LogP contribution is 2.35. The smallest absolute Gasteiger partial charge is 0.272 e. The molecule has 1 N–H and O–H groups in total. The molecule has 1 aromatic heterocycles. The number of aromatic nitrogens is 1. The van der Waals surface area contributed by atoms with Crippen molar-refractivity contribution in [2.45, 2.75) is 16.6 Å². The van der Waals surface area contributed by atoms with Crippen molar-refractivity contribution >= 4 is 29.3 Å². The summed E-state index contributed by atoms with van der Waals surface area (Å²) in [6, 6.07) is 11.0. The summed E-state index contributed by atoms with van der Waals surface area (Å²) in [6.07, 6.45) is 2.41. The van der Waals surface area contributed by atoms with E-state index in [1.807, 2.05) is 30.3 Å². The van der Waals surface area contributed by atoms with E-state index in [0.29, 0.717) is 16.9 Å². The normalized spacial score (nSPS) is 16.8. The van der Waals surface area contributed by atoms with Crippen molar-refractivity contribution in [2.24, 2.45) is 7.05 Å². The minimum absolute atomic E-state index is 0.118. The van der Waals surface area contributed by atoms with Crippen LogP contribution in [0.25, 0.3) is 0 Å². The first-order valence-corrected chi connectivity index (χ1v) is 8.76. The van der Waals surface area contributed by atoms with Gasteiger partial charge in [0.05, 0.1) is 16.5 Å². The van der Waals surface area contributed by atoms with E-state index in [2.05, 4.69) is 5.32 Å². The number of hydrogen-bond donors (Lipinski definition) is 1. The molecule has 2 heterocycles. The molecular formula is C18H18N4O2S. The third-order valence-electron chi connectivity index (χ3n) is 4.15. The molecule has 128 valence electrons. The zero-order valence-corrected chi connectivity index (χ0v) is 14.8. The largest absolute Gasteiger partial charge is 0.345 e. The van der Waals surface area contributed by atoms with Crippen molar-refractivity contribution in [1.29, 1.82) is 5.26 Å². The highest BCUT2D eigenvalue weighted by molar-refractivity contribution is 8.00. The summed E-state index contributed by atoms with van der Waals surface area (Å²) in [7, 11) is 3.53. The van der Waals surface area contributed by atoms with Crippen LogP contribution in [0, 0.1) is 11.3 Å². The Morgan fingerprint density at radius 1 is 1.36 bits per heavy atom. The standard InChI is InChI=1S/C18H18N4O2S/c1-21-8-7-16(18(21)24)25-15-6-4-3-5-13(15)20-17(23)14-9-12(10-19)11-22(14)2/h3-6,9,11,16H,7-8H2,1-2H3,(H,20,23)/t16-/m0/s1. The summed E-state index contributed by atoms with van der Waals surface area (Å²) in [5, 5.41) is 11.7. The predicted molar refractivity (Wildman–Crippen MR) is 96.4 cm³/mol. The van der Waals surface area contributed by atoms with Crippen LogP contribution in [-0.4, -0.2) is 40.1 Å². The number of hydrogen-bond acceptors (Lipinski definition) is 4. The fourth-order valence-electron chi connectivity index (χ4n) is 2.76. The van der Waals surface area contributed by atoms with Gasteiger partial charge in [-0.2, -0.15) is 5.26 Å². The number of carbonyl (C=O) groups excluding carboxylic acids is 2. The van der Waals surface area contributed by atoms with Gasteiger partial charge < -0.3 is 14.8 Å². The number of rotatable bonds is 4. The van der Waals surface area contributed by atoms with Gasteiger partial charge in [0, 0.05) is 31.7 Å². The SMILES string of the molecule is CN1CC[C@H](Sc2ccccc2NC(=O)c2cc(C#N)cn2C)C1=O. The summed E-state index contributed by atoms with van der Waals surface area (Å²) in [6.45, 7) is 0.755. The molecular weight excluding hydrogens is 336 g/mol. The first kappa shape index (κ1) is 17.1. The fourth-order valence-corrected chi connectivity index (χ4v) is 3.98. The molecule has 1 aliphatic rings. The number of carbonyl (C=O) groups is 2. The van der Waals surface area contributed by atoms with E-state index in [4.69, 9.17) is 5.26 Å². The van der Waals surface area contributed by atoms with Crippen molar-refractivity contribution < 1.29 is 9.59 Å². The molecule has 1 atom stereocenters. The lowest BCUT2D eigenvalue weighted by Gasteiger charge is -2.14. The maximum Gasteiger partial charge on any atom is 0.272 e. The van der Waals surface area contributed by atoms with E-state index in [0.717, 1.165) is 17.9 Å². The van der Waals surface area contributed by atoms with Crippen LogP contribution in [0.4, 0.5) is 5.69 Å². The van der Waals surface area contributed by atoms with Gasteiger partial charge in [-0.25, -0.2) is 0 Å². The van der Waals surface area contributed by atoms with Gasteiger partial charge in [-0.05, 0) is 24.6 Å². The van der Waals surface area contributed by atoms with Crippen LogP contribution < -0.4 is 5.32 Å². The lowest BCUT2D eigenvalue weighted by molar-refractivity contribution is -0.126. The van der Waals surface area contributed by atoms with E-state index in [1.165, 1.54) is 11.8 Å². The van der Waals surface area contributed by atoms with Crippen LogP contribution in [0.15, 0.2) is 41.4 Å². The highest BCUT2D eigenvalue weighted by Gasteiger charge is 2.30. The lowest BCUT2D eigenvalue weighted by atomic mass is 10.3. The number of para-hydroxylation sites is 1. The topological polar surface area (TPSA) is 78.1 Å². The third kappa shape index (κ3) is 3.54. The van der Waals surface area contributed by atoms with Crippen molar-refractivity contribution in [1.82, 2.24) is 9.47 Å². The summed E-state index contributed by atoms with van der Waals surface area (Å²) < 4.78 is 1.62. The van der Waals surface area contributed by atoms with Crippen LogP contribution in [0.3, 0.4) is 0 Å². The number of amides is 2. The second-order valence-corrected chi connectivity index (χ2v) is 7.19. The van der Waals surface area contributed by atoms with Crippen LogP contribution in [0.2, 0.25) is 0 Å². The summed E-state index contributed by atoms with van der Waals surface area (Å²) >= 11 is 1.48. The third-order valence-corrected chi connectivity index (χ3v) is 5.48. The number of nitriles is 1. The van der Waals surface area contributed by atoms with E-state index in [1.54, 1.807) is 35.8 Å². The van der Waals surface area contributed by atoms with Gasteiger partial charge in [0.2, 0.25) is 5.91 Å². The van der Waals surface area contributed by atoms with Crippen molar-refractivity contribution in [2.75, 3.05) is 18.9 Å². The van der Waals surface area contributed by atoms with E-state index in [-0.39, 0.29) is 17.1 Å². The summed E-state index contributed by atoms with van der Waals surface area (Å²) in [5.74, 6) is -0.167. The molecule has 3 rings (SSSR count).